The van der Waals surface area contributed by atoms with Gasteiger partial charge in [0.05, 0.1) is 10.7 Å². The molecule has 1 rings (SSSR count). The van der Waals surface area contributed by atoms with Crippen LogP contribution in [0.25, 0.3) is 0 Å². The van der Waals surface area contributed by atoms with Gasteiger partial charge in [-0.05, 0) is 12.1 Å². The van der Waals surface area contributed by atoms with E-state index in [1.165, 1.54) is 0 Å². The van der Waals surface area contributed by atoms with Gasteiger partial charge in [0, 0.05) is 24.2 Å². The van der Waals surface area contributed by atoms with E-state index in [9.17, 15) is 0 Å². The van der Waals surface area contributed by atoms with E-state index in [1.54, 1.807) is 18.0 Å². The Morgan fingerprint density at radius 2 is 2.14 bits per heavy atom. The molecule has 82 valence electrons. The van der Waals surface area contributed by atoms with Crippen LogP contribution in [-0.4, -0.2) is 17.3 Å². The molecule has 0 aliphatic carbocycles. The van der Waals surface area contributed by atoms with E-state index in [2.05, 4.69) is 4.98 Å². The standard InChI is InChI=1S/C8H11ClN2S.2BrH/c9-7-2-1-4-11-8(7)6-12-5-3-10;;/h1-2,4H,3,5-6,10H2;2*1H. The average Bonchev–Trinajstić information content (AvgIpc) is 2.09. The Hall–Kier alpha value is 0.710. The average molecular weight is 365 g/mol. The van der Waals surface area contributed by atoms with Crippen molar-refractivity contribution in [1.82, 2.24) is 4.98 Å². The van der Waals surface area contributed by atoms with Crippen LogP contribution in [0.4, 0.5) is 0 Å². The minimum atomic E-state index is 0. The highest BCUT2D eigenvalue weighted by atomic mass is 79.9. The molecule has 0 aliphatic heterocycles. The molecule has 1 aromatic heterocycles. The predicted molar refractivity (Wildman–Crippen MR) is 75.1 cm³/mol. The number of hydrogen-bond donors (Lipinski definition) is 1. The number of thioether (sulfide) groups is 1. The second-order valence-corrected chi connectivity index (χ2v) is 3.79. The van der Waals surface area contributed by atoms with E-state index in [0.29, 0.717) is 6.54 Å². The summed E-state index contributed by atoms with van der Waals surface area (Å²) in [4.78, 5) is 4.16. The quantitative estimate of drug-likeness (QED) is 0.835. The topological polar surface area (TPSA) is 38.9 Å². The molecule has 14 heavy (non-hydrogen) atoms. The summed E-state index contributed by atoms with van der Waals surface area (Å²) >= 11 is 7.64. The summed E-state index contributed by atoms with van der Waals surface area (Å²) in [5, 5.41) is 0.738. The molecule has 0 aromatic carbocycles. The van der Waals surface area contributed by atoms with Crippen molar-refractivity contribution in [1.29, 1.82) is 0 Å². The Kier molecular flexibility index (Phi) is 12.5. The molecule has 0 atom stereocenters. The van der Waals surface area contributed by atoms with Crippen LogP contribution in [0.3, 0.4) is 0 Å². The minimum absolute atomic E-state index is 0. The van der Waals surface area contributed by atoms with Crippen LogP contribution in [0.15, 0.2) is 18.3 Å². The molecule has 0 spiro atoms. The van der Waals surface area contributed by atoms with Crippen molar-refractivity contribution in [2.45, 2.75) is 5.75 Å². The fourth-order valence-corrected chi connectivity index (χ4v) is 1.78. The molecule has 0 aliphatic rings. The molecule has 2 nitrogen and oxygen atoms in total. The summed E-state index contributed by atoms with van der Waals surface area (Å²) in [6, 6.07) is 3.69. The van der Waals surface area contributed by atoms with E-state index >= 15 is 0 Å². The van der Waals surface area contributed by atoms with Gasteiger partial charge in [0.2, 0.25) is 0 Å². The van der Waals surface area contributed by atoms with Gasteiger partial charge in [0.25, 0.3) is 0 Å². The van der Waals surface area contributed by atoms with Gasteiger partial charge in [-0.3, -0.25) is 4.98 Å². The normalized spacial score (nSPS) is 8.71. The fourth-order valence-electron chi connectivity index (χ4n) is 0.777. The lowest BCUT2D eigenvalue weighted by atomic mass is 10.4. The molecule has 0 radical (unpaired) electrons. The van der Waals surface area contributed by atoms with Crippen LogP contribution in [0, 0.1) is 0 Å². The van der Waals surface area contributed by atoms with E-state index in [4.69, 9.17) is 17.3 Å². The van der Waals surface area contributed by atoms with Crippen LogP contribution in [-0.2, 0) is 5.75 Å². The van der Waals surface area contributed by atoms with E-state index in [-0.39, 0.29) is 34.0 Å². The number of rotatable bonds is 4. The first kappa shape index (κ1) is 17.1. The van der Waals surface area contributed by atoms with Crippen molar-refractivity contribution < 1.29 is 0 Å². The van der Waals surface area contributed by atoms with E-state index in [1.807, 2.05) is 12.1 Å². The van der Waals surface area contributed by atoms with Gasteiger partial charge in [0.15, 0.2) is 0 Å². The summed E-state index contributed by atoms with van der Waals surface area (Å²) in [6.45, 7) is 0.703. The highest BCUT2D eigenvalue weighted by molar-refractivity contribution is 8.93. The Morgan fingerprint density at radius 1 is 1.43 bits per heavy atom. The number of aromatic nitrogens is 1. The summed E-state index contributed by atoms with van der Waals surface area (Å²) in [7, 11) is 0. The Morgan fingerprint density at radius 3 is 2.71 bits per heavy atom. The van der Waals surface area contributed by atoms with Gasteiger partial charge in [-0.15, -0.1) is 34.0 Å². The van der Waals surface area contributed by atoms with Gasteiger partial charge in [0.1, 0.15) is 0 Å². The zero-order valence-corrected chi connectivity index (χ0v) is 12.5. The summed E-state index contributed by atoms with van der Waals surface area (Å²) in [5.41, 5.74) is 6.30. The largest absolute Gasteiger partial charge is 0.330 e. The first-order valence-corrected chi connectivity index (χ1v) is 5.25. The molecular formula is C8H13Br2ClN2S. The zero-order valence-electron chi connectivity index (χ0n) is 7.48. The molecule has 0 amide bonds. The summed E-state index contributed by atoms with van der Waals surface area (Å²) in [5.74, 6) is 1.80. The maximum Gasteiger partial charge on any atom is 0.0688 e. The van der Waals surface area contributed by atoms with Crippen molar-refractivity contribution in [3.63, 3.8) is 0 Å². The highest BCUT2D eigenvalue weighted by Gasteiger charge is 1.99. The Labute approximate surface area is 115 Å². The van der Waals surface area contributed by atoms with Gasteiger partial charge >= 0.3 is 0 Å². The monoisotopic (exact) mass is 362 g/mol. The molecule has 1 aromatic rings. The maximum absolute atomic E-state index is 5.90. The predicted octanol–water partition coefficient (Wildman–Crippen LogP) is 3.08. The van der Waals surface area contributed by atoms with Crippen LogP contribution in [0.1, 0.15) is 5.69 Å². The Balaban J connectivity index is 0. The number of hydrogen-bond acceptors (Lipinski definition) is 3. The Bertz CT molecular complexity index is 251. The van der Waals surface area contributed by atoms with Crippen molar-refractivity contribution in [2.75, 3.05) is 12.3 Å². The number of nitrogens with two attached hydrogens (primary N) is 1. The van der Waals surface area contributed by atoms with Gasteiger partial charge in [-0.1, -0.05) is 11.6 Å². The first-order chi connectivity index (χ1) is 5.84. The minimum Gasteiger partial charge on any atom is -0.330 e. The third kappa shape index (κ3) is 6.24. The van der Waals surface area contributed by atoms with Crippen molar-refractivity contribution in [3.05, 3.63) is 29.0 Å². The number of nitrogens with zero attached hydrogens (tertiary/aromatic N) is 1. The van der Waals surface area contributed by atoms with Gasteiger partial charge in [-0.25, -0.2) is 0 Å². The maximum atomic E-state index is 5.90. The molecule has 0 unspecified atom stereocenters. The lowest BCUT2D eigenvalue weighted by molar-refractivity contribution is 1.13. The SMILES string of the molecule is Br.Br.NCCSCc1ncccc1Cl. The van der Waals surface area contributed by atoms with Gasteiger partial charge in [-0.2, -0.15) is 11.8 Å². The molecule has 1 heterocycles. The fraction of sp³-hybridized carbons (Fsp3) is 0.375. The van der Waals surface area contributed by atoms with Crippen LogP contribution >= 0.6 is 57.3 Å². The summed E-state index contributed by atoms with van der Waals surface area (Å²) < 4.78 is 0. The molecular weight excluding hydrogens is 351 g/mol. The smallest absolute Gasteiger partial charge is 0.0688 e. The summed E-state index contributed by atoms with van der Waals surface area (Å²) in [6.07, 6.45) is 1.75. The second-order valence-electron chi connectivity index (χ2n) is 2.27. The third-order valence-corrected chi connectivity index (χ3v) is 2.68. The molecule has 2 N–H and O–H groups in total. The van der Waals surface area contributed by atoms with Crippen molar-refractivity contribution >= 4 is 57.3 Å². The van der Waals surface area contributed by atoms with E-state index < -0.39 is 0 Å². The molecule has 0 saturated carbocycles. The van der Waals surface area contributed by atoms with Crippen LogP contribution in [0.2, 0.25) is 5.02 Å². The zero-order chi connectivity index (χ0) is 8.81. The second kappa shape index (κ2) is 10.2. The highest BCUT2D eigenvalue weighted by Crippen LogP contribution is 2.17. The van der Waals surface area contributed by atoms with Gasteiger partial charge < -0.3 is 5.73 Å². The van der Waals surface area contributed by atoms with E-state index in [0.717, 1.165) is 22.2 Å². The van der Waals surface area contributed by atoms with Crippen LogP contribution in [0.5, 0.6) is 0 Å². The lowest BCUT2D eigenvalue weighted by Crippen LogP contribution is -2.01. The first-order valence-electron chi connectivity index (χ1n) is 3.72. The molecule has 0 bridgehead atoms. The third-order valence-electron chi connectivity index (χ3n) is 1.34. The number of halogens is 3. The molecule has 6 heteroatoms. The number of pyridine rings is 1. The van der Waals surface area contributed by atoms with Crippen molar-refractivity contribution in [2.24, 2.45) is 5.73 Å². The molecule has 0 saturated heterocycles. The van der Waals surface area contributed by atoms with Crippen molar-refractivity contribution in [3.8, 4) is 0 Å². The molecule has 0 fully saturated rings. The lowest BCUT2D eigenvalue weighted by Gasteiger charge is -2.00. The van der Waals surface area contributed by atoms with Crippen LogP contribution < -0.4 is 5.73 Å².